The van der Waals surface area contributed by atoms with Crippen LogP contribution in [0.25, 0.3) is 11.2 Å². The van der Waals surface area contributed by atoms with E-state index in [-0.39, 0.29) is 49.8 Å². The molecule has 1 fully saturated rings. The van der Waals surface area contributed by atoms with Gasteiger partial charge < -0.3 is 0 Å². The maximum absolute atomic E-state index is 11.6. The maximum atomic E-state index is 11.6. The number of aromatic nitrogens is 4. The monoisotopic (exact) mass is 317 g/mol. The predicted molar refractivity (Wildman–Crippen MR) is 64.1 cm³/mol. The summed E-state index contributed by atoms with van der Waals surface area (Å²) in [6.07, 6.45) is 1.29. The van der Waals surface area contributed by atoms with E-state index in [0.717, 1.165) is 5.32 Å². The first-order chi connectivity index (χ1) is 8.69. The molecule has 0 aromatic carbocycles. The molecule has 96 valence electrons. The van der Waals surface area contributed by atoms with Crippen molar-refractivity contribution >= 4 is 32.1 Å². The van der Waals surface area contributed by atoms with Crippen molar-refractivity contribution in [3.05, 3.63) is 16.7 Å². The zero-order chi connectivity index (χ0) is 12.7. The molecule has 0 bridgehead atoms. The Bertz CT molecular complexity index is 639. The molecule has 0 saturated carbocycles. The summed E-state index contributed by atoms with van der Waals surface area (Å²) in [5.74, 6) is 0.0523. The van der Waals surface area contributed by atoms with Crippen molar-refractivity contribution in [2.45, 2.75) is 16.5 Å². The second-order valence-electron chi connectivity index (χ2n) is 3.81. The Labute approximate surface area is 107 Å². The van der Waals surface area contributed by atoms with Gasteiger partial charge in [-0.2, -0.15) is 0 Å². The van der Waals surface area contributed by atoms with Crippen molar-refractivity contribution in [2.75, 3.05) is 12.3 Å². The normalized spacial score (nSPS) is 23.8. The number of H-pyrrole nitrogens is 1. The van der Waals surface area contributed by atoms with Gasteiger partial charge in [0.1, 0.15) is 0 Å². The van der Waals surface area contributed by atoms with Crippen molar-refractivity contribution in [3.8, 4) is 0 Å². The first-order valence-electron chi connectivity index (χ1n) is 5.29. The van der Waals surface area contributed by atoms with Crippen LogP contribution < -0.4 is 11.3 Å². The molecule has 3 heterocycles. The van der Waals surface area contributed by atoms with Crippen LogP contribution in [0.3, 0.4) is 0 Å². The summed E-state index contributed by atoms with van der Waals surface area (Å²) in [5.41, 5.74) is 5.81. The molecule has 1 saturated heterocycles. The van der Waals surface area contributed by atoms with E-state index in [1.807, 2.05) is 0 Å². The van der Waals surface area contributed by atoms with Crippen LogP contribution in [0.2, 0.25) is 5.32 Å². The standard InChI is InChI=1S/C9H11N5O3Se/c10-9-12-7-6(8(16)13-9)11-3-14(7)4-2-18-5(1-15)17-4/h3-5,15H,1-2H2,(H3,10,12,13,16)/t4-,5+/m0/s1. The van der Waals surface area contributed by atoms with Crippen LogP contribution in [-0.4, -0.2) is 51.2 Å². The fraction of sp³-hybridized carbons (Fsp3) is 0.444. The Balaban J connectivity index is 2.05. The van der Waals surface area contributed by atoms with Crippen LogP contribution in [0.1, 0.15) is 6.23 Å². The molecule has 0 unspecified atom stereocenters. The molecule has 18 heavy (non-hydrogen) atoms. The quantitative estimate of drug-likeness (QED) is 0.591. The number of anilines is 1. The molecule has 0 aliphatic carbocycles. The van der Waals surface area contributed by atoms with Crippen molar-refractivity contribution in [1.82, 2.24) is 19.5 Å². The van der Waals surface area contributed by atoms with E-state index < -0.39 is 0 Å². The number of imidazole rings is 1. The van der Waals surface area contributed by atoms with Gasteiger partial charge in [0.15, 0.2) is 0 Å². The number of hydrogen-bond acceptors (Lipinski definition) is 6. The van der Waals surface area contributed by atoms with E-state index in [1.165, 1.54) is 6.33 Å². The number of aromatic amines is 1. The van der Waals surface area contributed by atoms with E-state index in [2.05, 4.69) is 15.0 Å². The number of aliphatic hydroxyl groups is 1. The molecule has 2 aromatic heterocycles. The number of nitrogens with one attached hydrogen (secondary N) is 1. The second kappa shape index (κ2) is 4.36. The van der Waals surface area contributed by atoms with Crippen molar-refractivity contribution in [3.63, 3.8) is 0 Å². The third-order valence-corrected chi connectivity index (χ3v) is 4.97. The number of nitrogens with zero attached hydrogens (tertiary/aromatic N) is 3. The van der Waals surface area contributed by atoms with Crippen LogP contribution >= 0.6 is 0 Å². The Morgan fingerprint density at radius 1 is 1.72 bits per heavy atom. The Morgan fingerprint density at radius 2 is 2.56 bits per heavy atom. The molecular weight excluding hydrogens is 305 g/mol. The molecule has 8 nitrogen and oxygen atoms in total. The third kappa shape index (κ3) is 1.81. The summed E-state index contributed by atoms with van der Waals surface area (Å²) in [6.45, 7) is 0.0132. The summed E-state index contributed by atoms with van der Waals surface area (Å²) in [5, 5.41) is 9.75. The third-order valence-electron chi connectivity index (χ3n) is 2.64. The minimum absolute atomic E-state index is 0.0132. The number of hydrogen-bond donors (Lipinski definition) is 3. The average Bonchev–Trinajstić information content (AvgIpc) is 2.93. The van der Waals surface area contributed by atoms with E-state index in [0.29, 0.717) is 5.65 Å². The van der Waals surface area contributed by atoms with E-state index in [1.54, 1.807) is 4.57 Å². The van der Waals surface area contributed by atoms with Gasteiger partial charge in [0.05, 0.1) is 0 Å². The van der Waals surface area contributed by atoms with Crippen molar-refractivity contribution in [2.24, 2.45) is 0 Å². The van der Waals surface area contributed by atoms with E-state index in [4.69, 9.17) is 15.6 Å². The summed E-state index contributed by atoms with van der Waals surface area (Å²) < 4.78 is 7.34. The molecule has 4 N–H and O–H groups in total. The van der Waals surface area contributed by atoms with Gasteiger partial charge in [-0.1, -0.05) is 0 Å². The number of aliphatic hydroxyl groups excluding tert-OH is 1. The fourth-order valence-corrected chi connectivity index (χ4v) is 3.79. The summed E-state index contributed by atoms with van der Waals surface area (Å²) >= 11 is 0.211. The average molecular weight is 316 g/mol. The molecule has 0 radical (unpaired) electrons. The first kappa shape index (κ1) is 11.7. The molecule has 0 spiro atoms. The van der Waals surface area contributed by atoms with Gasteiger partial charge in [-0.25, -0.2) is 0 Å². The first-order valence-corrected chi connectivity index (χ1v) is 7.49. The molecule has 2 aromatic rings. The molecule has 1 aliphatic heterocycles. The minimum atomic E-state index is -0.363. The van der Waals surface area contributed by atoms with Gasteiger partial charge in [0, 0.05) is 0 Å². The van der Waals surface area contributed by atoms with Gasteiger partial charge in [-0.15, -0.1) is 0 Å². The topological polar surface area (TPSA) is 119 Å². The molecule has 3 rings (SSSR count). The van der Waals surface area contributed by atoms with Gasteiger partial charge in [-0.05, 0) is 0 Å². The number of nitrogen functional groups attached to an aromatic ring is 1. The fourth-order valence-electron chi connectivity index (χ4n) is 1.84. The zero-order valence-corrected chi connectivity index (χ0v) is 11.0. The molecule has 2 atom stereocenters. The Kier molecular flexibility index (Phi) is 2.83. The van der Waals surface area contributed by atoms with Crippen LogP contribution in [0.15, 0.2) is 11.1 Å². The number of nitrogens with two attached hydrogens (primary N) is 1. The summed E-state index contributed by atoms with van der Waals surface area (Å²) in [7, 11) is 0. The molecule has 0 amide bonds. The molecule has 9 heteroatoms. The van der Waals surface area contributed by atoms with Gasteiger partial charge in [0.25, 0.3) is 0 Å². The van der Waals surface area contributed by atoms with Gasteiger partial charge >= 0.3 is 107 Å². The van der Waals surface area contributed by atoms with Gasteiger partial charge in [-0.3, -0.25) is 0 Å². The number of fused-ring (bicyclic) bond motifs is 1. The van der Waals surface area contributed by atoms with Crippen molar-refractivity contribution < 1.29 is 9.84 Å². The summed E-state index contributed by atoms with van der Waals surface area (Å²) in [6, 6.07) is 0. The Morgan fingerprint density at radius 3 is 3.28 bits per heavy atom. The Hall–Kier alpha value is -1.41. The second-order valence-corrected chi connectivity index (χ2v) is 6.31. The zero-order valence-electron chi connectivity index (χ0n) is 9.24. The predicted octanol–water partition coefficient (Wildman–Crippen LogP) is -1.33. The van der Waals surface area contributed by atoms with Crippen LogP contribution in [0.5, 0.6) is 0 Å². The van der Waals surface area contributed by atoms with Gasteiger partial charge in [0.2, 0.25) is 0 Å². The number of ether oxygens (including phenoxy) is 1. The molecule has 1 aliphatic rings. The summed E-state index contributed by atoms with van der Waals surface area (Å²) in [4.78, 5) is 22.1. The SMILES string of the molecule is Nc1nc2c(ncn2[C@@H]2C[Se][C@H](CO)O2)c(=O)[nH]1. The van der Waals surface area contributed by atoms with E-state index in [9.17, 15) is 4.79 Å². The number of rotatable bonds is 2. The van der Waals surface area contributed by atoms with Crippen LogP contribution in [0.4, 0.5) is 5.95 Å². The van der Waals surface area contributed by atoms with Crippen LogP contribution in [-0.2, 0) is 4.74 Å². The van der Waals surface area contributed by atoms with Crippen LogP contribution in [0, 0.1) is 0 Å². The van der Waals surface area contributed by atoms with Crippen molar-refractivity contribution in [1.29, 1.82) is 0 Å². The molecular formula is C9H11N5O3Se. The van der Waals surface area contributed by atoms with E-state index >= 15 is 0 Å².